The van der Waals surface area contributed by atoms with E-state index in [1.807, 2.05) is 47.6 Å². The van der Waals surface area contributed by atoms with E-state index in [0.29, 0.717) is 5.92 Å². The molecule has 2 saturated heterocycles. The molecule has 5 rings (SSSR count). The maximum atomic E-state index is 12.2. The van der Waals surface area contributed by atoms with Crippen LogP contribution < -0.4 is 16.0 Å². The van der Waals surface area contributed by atoms with Gasteiger partial charge in [0.2, 0.25) is 0 Å². The zero-order valence-corrected chi connectivity index (χ0v) is 26.9. The highest BCUT2D eigenvalue weighted by molar-refractivity contribution is 5.70. The Bertz CT molecular complexity index is 1080. The van der Waals surface area contributed by atoms with Crippen LogP contribution in [0, 0.1) is 23.7 Å². The third kappa shape index (κ3) is 9.30. The second-order valence-corrected chi connectivity index (χ2v) is 15.0. The molecule has 242 valence electrons. The van der Waals surface area contributed by atoms with Gasteiger partial charge in [0.25, 0.3) is 0 Å². The fraction of sp³-hybridized carbons (Fsp3) is 0.758. The third-order valence-corrected chi connectivity index (χ3v) is 9.07. The predicted octanol–water partition coefficient (Wildman–Crippen LogP) is 3.66. The first-order chi connectivity index (χ1) is 20.2. The fourth-order valence-electron chi connectivity index (χ4n) is 6.77. The number of hydrogen-bond donors (Lipinski definition) is 5. The number of nitrogens with zero attached hydrogens (tertiary/aromatic N) is 1. The molecular weight excluding hydrogens is 548 g/mol. The van der Waals surface area contributed by atoms with Gasteiger partial charge in [-0.15, -0.1) is 0 Å². The molecule has 4 aliphatic rings. The van der Waals surface area contributed by atoms with Crippen LogP contribution in [0.25, 0.3) is 0 Å². The van der Waals surface area contributed by atoms with Crippen LogP contribution in [0.2, 0.25) is 0 Å². The highest BCUT2D eigenvalue weighted by Gasteiger charge is 2.56. The third-order valence-electron chi connectivity index (χ3n) is 9.07. The van der Waals surface area contributed by atoms with E-state index in [2.05, 4.69) is 45.1 Å². The van der Waals surface area contributed by atoms with Crippen LogP contribution in [0.15, 0.2) is 30.3 Å². The van der Waals surface area contributed by atoms with Crippen molar-refractivity contribution in [2.45, 2.75) is 96.1 Å². The topological polar surface area (TPSA) is 132 Å². The summed E-state index contributed by atoms with van der Waals surface area (Å²) >= 11 is 0. The van der Waals surface area contributed by atoms with Crippen molar-refractivity contribution in [3.8, 4) is 0 Å². The Labute approximate surface area is 257 Å². The molecule has 4 fully saturated rings. The molecule has 10 nitrogen and oxygen atoms in total. The first kappa shape index (κ1) is 33.5. The van der Waals surface area contributed by atoms with E-state index >= 15 is 0 Å². The van der Waals surface area contributed by atoms with Crippen molar-refractivity contribution in [1.82, 2.24) is 20.9 Å². The van der Waals surface area contributed by atoms with Crippen molar-refractivity contribution in [3.63, 3.8) is 0 Å². The second-order valence-electron chi connectivity index (χ2n) is 15.0. The standard InChI is InChI=1S/C20H30N2O3.C13H24N2O3/c1-19(2,3)25-18(24)21-20(9-10-20)17-13-22(12-16(17)14-23)11-15-7-5-4-6-8-15;1-12(2,3)18-11(17)15-13(4-5-13)10-7-14-6-9(10)8-16/h4-8,16-17,23H,9-14H2,1-3H3,(H,21,24);9-10,14,16H,4-8H2,1-3H3,(H,15,17). The van der Waals surface area contributed by atoms with Gasteiger partial charge in [-0.3, -0.25) is 4.90 Å². The molecule has 1 aromatic carbocycles. The van der Waals surface area contributed by atoms with Gasteiger partial charge >= 0.3 is 12.2 Å². The molecule has 1 aromatic rings. The molecular formula is C33H54N4O6. The molecule has 0 bridgehead atoms. The second kappa shape index (κ2) is 13.3. The van der Waals surface area contributed by atoms with E-state index in [-0.39, 0.29) is 54.2 Å². The summed E-state index contributed by atoms with van der Waals surface area (Å²) in [5, 5.41) is 28.6. The lowest BCUT2D eigenvalue weighted by Crippen LogP contribution is -2.47. The lowest BCUT2D eigenvalue weighted by Gasteiger charge is -2.29. The minimum Gasteiger partial charge on any atom is -0.444 e. The van der Waals surface area contributed by atoms with Crippen molar-refractivity contribution in [2.24, 2.45) is 23.7 Å². The van der Waals surface area contributed by atoms with Gasteiger partial charge in [0.1, 0.15) is 11.2 Å². The molecule has 0 aromatic heterocycles. The van der Waals surface area contributed by atoms with Gasteiger partial charge in [0, 0.05) is 80.7 Å². The lowest BCUT2D eigenvalue weighted by atomic mass is 9.87. The number of aliphatic hydroxyl groups is 2. The van der Waals surface area contributed by atoms with Gasteiger partial charge in [-0.2, -0.15) is 0 Å². The van der Waals surface area contributed by atoms with E-state index in [4.69, 9.17) is 9.47 Å². The van der Waals surface area contributed by atoms with Crippen molar-refractivity contribution < 1.29 is 29.3 Å². The van der Waals surface area contributed by atoms with Crippen molar-refractivity contribution in [2.75, 3.05) is 39.4 Å². The molecule has 43 heavy (non-hydrogen) atoms. The zero-order valence-electron chi connectivity index (χ0n) is 26.9. The molecule has 2 saturated carbocycles. The maximum Gasteiger partial charge on any atom is 0.408 e. The molecule has 0 spiro atoms. The molecule has 4 unspecified atom stereocenters. The summed E-state index contributed by atoms with van der Waals surface area (Å²) in [4.78, 5) is 26.5. The van der Waals surface area contributed by atoms with Crippen LogP contribution in [-0.4, -0.2) is 89.0 Å². The summed E-state index contributed by atoms with van der Waals surface area (Å²) in [5.41, 5.74) is -0.0408. The smallest absolute Gasteiger partial charge is 0.408 e. The number of benzene rings is 1. The Kier molecular flexibility index (Phi) is 10.4. The molecule has 0 radical (unpaired) electrons. The number of carbonyl (C=O) groups is 2. The van der Waals surface area contributed by atoms with Crippen molar-refractivity contribution in [1.29, 1.82) is 0 Å². The number of rotatable bonds is 8. The van der Waals surface area contributed by atoms with Gasteiger partial charge in [-0.05, 0) is 72.8 Å². The average molecular weight is 603 g/mol. The minimum absolute atomic E-state index is 0.154. The quantitative estimate of drug-likeness (QED) is 0.305. The first-order valence-corrected chi connectivity index (χ1v) is 15.9. The summed E-state index contributed by atoms with van der Waals surface area (Å²) < 4.78 is 10.7. The van der Waals surface area contributed by atoms with E-state index in [9.17, 15) is 19.8 Å². The molecule has 5 N–H and O–H groups in total. The number of carbonyl (C=O) groups excluding carboxylic acids is 2. The van der Waals surface area contributed by atoms with Gasteiger partial charge in [0.05, 0.1) is 0 Å². The normalized spacial score (nSPS) is 27.4. The summed E-state index contributed by atoms with van der Waals surface area (Å²) in [6.45, 7) is 15.9. The summed E-state index contributed by atoms with van der Waals surface area (Å²) in [5.74, 6) is 1.02. The highest BCUT2D eigenvalue weighted by atomic mass is 16.6. The Morgan fingerprint density at radius 2 is 1.33 bits per heavy atom. The van der Waals surface area contributed by atoms with Crippen LogP contribution in [0.4, 0.5) is 9.59 Å². The van der Waals surface area contributed by atoms with Crippen LogP contribution >= 0.6 is 0 Å². The van der Waals surface area contributed by atoms with Gasteiger partial charge < -0.3 is 35.6 Å². The Balaban J connectivity index is 0.000000208. The van der Waals surface area contributed by atoms with Crippen LogP contribution in [-0.2, 0) is 16.0 Å². The van der Waals surface area contributed by atoms with Crippen molar-refractivity contribution in [3.05, 3.63) is 35.9 Å². The lowest BCUT2D eigenvalue weighted by molar-refractivity contribution is 0.0446. The number of alkyl carbamates (subject to hydrolysis) is 2. The van der Waals surface area contributed by atoms with Crippen LogP contribution in [0.3, 0.4) is 0 Å². The Morgan fingerprint density at radius 3 is 1.79 bits per heavy atom. The van der Waals surface area contributed by atoms with E-state index < -0.39 is 11.2 Å². The molecule has 2 amide bonds. The van der Waals surface area contributed by atoms with Gasteiger partial charge in [-0.25, -0.2) is 9.59 Å². The number of nitrogens with one attached hydrogen (secondary N) is 3. The Hall–Kier alpha value is -2.40. The summed E-state index contributed by atoms with van der Waals surface area (Å²) in [7, 11) is 0. The van der Waals surface area contributed by atoms with Crippen molar-refractivity contribution >= 4 is 12.2 Å². The molecule has 2 aliphatic heterocycles. The van der Waals surface area contributed by atoms with E-state index in [0.717, 1.165) is 58.4 Å². The van der Waals surface area contributed by atoms with Gasteiger partial charge in [0.15, 0.2) is 0 Å². The fourth-order valence-corrected chi connectivity index (χ4v) is 6.77. The Morgan fingerprint density at radius 1 is 0.814 bits per heavy atom. The maximum absolute atomic E-state index is 12.2. The summed E-state index contributed by atoms with van der Waals surface area (Å²) in [6.07, 6.45) is 3.20. The molecule has 10 heteroatoms. The number of hydrogen-bond acceptors (Lipinski definition) is 8. The minimum atomic E-state index is -0.494. The number of ether oxygens (including phenoxy) is 2. The van der Waals surface area contributed by atoms with Crippen LogP contribution in [0.5, 0.6) is 0 Å². The largest absolute Gasteiger partial charge is 0.444 e. The first-order valence-electron chi connectivity index (χ1n) is 15.9. The van der Waals surface area contributed by atoms with E-state index in [1.165, 1.54) is 5.56 Å². The monoisotopic (exact) mass is 602 g/mol. The number of amides is 2. The highest BCUT2D eigenvalue weighted by Crippen LogP contribution is 2.49. The molecule has 2 aliphatic carbocycles. The summed E-state index contributed by atoms with van der Waals surface area (Å²) in [6, 6.07) is 10.4. The van der Waals surface area contributed by atoms with Gasteiger partial charge in [-0.1, -0.05) is 30.3 Å². The number of aliphatic hydroxyl groups excluding tert-OH is 2. The average Bonchev–Trinajstić information content (AvgIpc) is 3.75. The molecule has 2 heterocycles. The van der Waals surface area contributed by atoms with E-state index in [1.54, 1.807) is 0 Å². The SMILES string of the molecule is CC(C)(C)OC(=O)NC1(C2CN(Cc3ccccc3)CC2CO)CC1.CC(C)(C)OC(=O)NC1(C2CNCC2CO)CC1. The number of likely N-dealkylation sites (tertiary alicyclic amines) is 1. The predicted molar refractivity (Wildman–Crippen MR) is 165 cm³/mol. The molecule has 4 atom stereocenters. The zero-order chi connectivity index (χ0) is 31.5. The van der Waals surface area contributed by atoms with Crippen LogP contribution in [0.1, 0.15) is 72.8 Å².